The van der Waals surface area contributed by atoms with Crippen LogP contribution in [0, 0.1) is 0 Å². The van der Waals surface area contributed by atoms with Crippen molar-refractivity contribution in [3.8, 4) is 5.75 Å². The van der Waals surface area contributed by atoms with Crippen molar-refractivity contribution >= 4 is 0 Å². The molecule has 1 aromatic rings. The highest BCUT2D eigenvalue weighted by Gasteiger charge is 2.26. The Bertz CT molecular complexity index is 390. The molecule has 18 heavy (non-hydrogen) atoms. The zero-order valence-electron chi connectivity index (χ0n) is 11.6. The Labute approximate surface area is 110 Å². The van der Waals surface area contributed by atoms with E-state index in [4.69, 9.17) is 4.74 Å². The highest BCUT2D eigenvalue weighted by molar-refractivity contribution is 5.28. The first-order valence-electron chi connectivity index (χ1n) is 6.70. The van der Waals surface area contributed by atoms with E-state index in [0.717, 1.165) is 18.8 Å². The third kappa shape index (κ3) is 3.72. The van der Waals surface area contributed by atoms with Gasteiger partial charge in [-0.05, 0) is 50.9 Å². The van der Waals surface area contributed by atoms with Gasteiger partial charge in [0.05, 0.1) is 7.11 Å². The Balaban J connectivity index is 1.87. The third-order valence-corrected chi connectivity index (χ3v) is 3.58. The molecule has 1 aliphatic heterocycles. The molecule has 0 spiro atoms. The zero-order valence-corrected chi connectivity index (χ0v) is 11.6. The molecule has 2 rings (SSSR count). The minimum Gasteiger partial charge on any atom is -0.497 e. The normalized spacial score (nSPS) is 22.7. The summed E-state index contributed by atoms with van der Waals surface area (Å²) in [5.74, 6) is 0.931. The van der Waals surface area contributed by atoms with Crippen LogP contribution in [0.5, 0.6) is 5.75 Å². The maximum atomic E-state index is 5.24. The quantitative estimate of drug-likeness (QED) is 0.858. The van der Waals surface area contributed by atoms with Gasteiger partial charge in [-0.3, -0.25) is 0 Å². The van der Waals surface area contributed by atoms with Crippen LogP contribution in [0.2, 0.25) is 0 Å². The molecule has 0 amide bonds. The number of rotatable bonds is 4. The molecule has 0 radical (unpaired) electrons. The third-order valence-electron chi connectivity index (χ3n) is 3.58. The van der Waals surface area contributed by atoms with Crippen LogP contribution < -0.4 is 15.4 Å². The van der Waals surface area contributed by atoms with Crippen molar-refractivity contribution in [2.24, 2.45) is 0 Å². The van der Waals surface area contributed by atoms with Crippen LogP contribution in [0.3, 0.4) is 0 Å². The molecule has 3 heteroatoms. The van der Waals surface area contributed by atoms with Gasteiger partial charge in [0.2, 0.25) is 0 Å². The maximum Gasteiger partial charge on any atom is 0.119 e. The van der Waals surface area contributed by atoms with Crippen molar-refractivity contribution in [3.63, 3.8) is 0 Å². The molecule has 1 heterocycles. The summed E-state index contributed by atoms with van der Waals surface area (Å²) in [7, 11) is 1.71. The first-order chi connectivity index (χ1) is 8.59. The molecule has 2 N–H and O–H groups in total. The van der Waals surface area contributed by atoms with Crippen LogP contribution in [-0.2, 0) is 6.54 Å². The lowest BCUT2D eigenvalue weighted by Crippen LogP contribution is -2.51. The molecule has 0 aliphatic carbocycles. The maximum absolute atomic E-state index is 5.24. The highest BCUT2D eigenvalue weighted by Crippen LogP contribution is 2.19. The van der Waals surface area contributed by atoms with Gasteiger partial charge in [0.1, 0.15) is 5.75 Å². The Kier molecular flexibility index (Phi) is 4.25. The van der Waals surface area contributed by atoms with Crippen molar-refractivity contribution in [1.82, 2.24) is 10.6 Å². The van der Waals surface area contributed by atoms with Crippen molar-refractivity contribution in [1.29, 1.82) is 0 Å². The van der Waals surface area contributed by atoms with Gasteiger partial charge in [-0.15, -0.1) is 0 Å². The molecule has 1 saturated heterocycles. The number of piperidine rings is 1. The number of benzene rings is 1. The molecule has 3 nitrogen and oxygen atoms in total. The number of hydrogen-bond acceptors (Lipinski definition) is 3. The number of ether oxygens (including phenoxy) is 1. The fraction of sp³-hybridized carbons (Fsp3) is 0.600. The van der Waals surface area contributed by atoms with E-state index >= 15 is 0 Å². The Morgan fingerprint density at radius 3 is 3.00 bits per heavy atom. The van der Waals surface area contributed by atoms with Crippen molar-refractivity contribution in [2.75, 3.05) is 13.7 Å². The summed E-state index contributed by atoms with van der Waals surface area (Å²) in [6.07, 6.45) is 2.38. The molecule has 1 aromatic carbocycles. The van der Waals surface area contributed by atoms with Gasteiger partial charge < -0.3 is 15.4 Å². The van der Waals surface area contributed by atoms with E-state index in [1.165, 1.54) is 18.4 Å². The van der Waals surface area contributed by atoms with Crippen molar-refractivity contribution in [2.45, 2.75) is 44.8 Å². The van der Waals surface area contributed by atoms with Crippen LogP contribution in [0.25, 0.3) is 0 Å². The standard InChI is InChI=1S/C15H24N2O/c1-15(2)10-13(7-8-17-15)16-11-12-5-4-6-14(9-12)18-3/h4-6,9,13,16-17H,7-8,10-11H2,1-3H3. The smallest absolute Gasteiger partial charge is 0.119 e. The monoisotopic (exact) mass is 248 g/mol. The molecule has 0 saturated carbocycles. The molecule has 100 valence electrons. The second-order valence-electron chi connectivity index (χ2n) is 5.73. The van der Waals surface area contributed by atoms with Gasteiger partial charge in [0.25, 0.3) is 0 Å². The predicted octanol–water partition coefficient (Wildman–Crippen LogP) is 2.32. The molecule has 0 aromatic heterocycles. The van der Waals surface area contributed by atoms with Gasteiger partial charge >= 0.3 is 0 Å². The molecular weight excluding hydrogens is 224 g/mol. The topological polar surface area (TPSA) is 33.3 Å². The largest absolute Gasteiger partial charge is 0.497 e. The lowest BCUT2D eigenvalue weighted by Gasteiger charge is -2.37. The second-order valence-corrected chi connectivity index (χ2v) is 5.73. The molecule has 1 atom stereocenters. The number of nitrogens with one attached hydrogen (secondary N) is 2. The predicted molar refractivity (Wildman–Crippen MR) is 74.9 cm³/mol. The fourth-order valence-corrected chi connectivity index (χ4v) is 2.59. The van der Waals surface area contributed by atoms with E-state index in [2.05, 4.69) is 36.6 Å². The fourth-order valence-electron chi connectivity index (χ4n) is 2.59. The zero-order chi connectivity index (χ0) is 13.0. The Morgan fingerprint density at radius 2 is 2.28 bits per heavy atom. The van der Waals surface area contributed by atoms with E-state index < -0.39 is 0 Å². The minimum absolute atomic E-state index is 0.254. The van der Waals surface area contributed by atoms with Crippen LogP contribution in [0.15, 0.2) is 24.3 Å². The Hall–Kier alpha value is -1.06. The van der Waals surface area contributed by atoms with E-state index in [9.17, 15) is 0 Å². The van der Waals surface area contributed by atoms with Crippen molar-refractivity contribution in [3.05, 3.63) is 29.8 Å². The van der Waals surface area contributed by atoms with E-state index in [1.807, 2.05) is 12.1 Å². The summed E-state index contributed by atoms with van der Waals surface area (Å²) in [4.78, 5) is 0. The second kappa shape index (κ2) is 5.72. The summed E-state index contributed by atoms with van der Waals surface area (Å²) >= 11 is 0. The van der Waals surface area contributed by atoms with Gasteiger partial charge in [0.15, 0.2) is 0 Å². The van der Waals surface area contributed by atoms with Crippen LogP contribution in [-0.4, -0.2) is 25.2 Å². The van der Waals surface area contributed by atoms with Gasteiger partial charge in [0, 0.05) is 18.1 Å². The Morgan fingerprint density at radius 1 is 1.44 bits per heavy atom. The SMILES string of the molecule is COc1cccc(CNC2CCNC(C)(C)C2)c1. The van der Waals surface area contributed by atoms with E-state index in [0.29, 0.717) is 6.04 Å². The summed E-state index contributed by atoms with van der Waals surface area (Å²) in [6.45, 7) is 6.56. The first-order valence-corrected chi connectivity index (χ1v) is 6.70. The molecule has 1 fully saturated rings. The average Bonchev–Trinajstić information content (AvgIpc) is 2.35. The van der Waals surface area contributed by atoms with Gasteiger partial charge in [-0.2, -0.15) is 0 Å². The summed E-state index contributed by atoms with van der Waals surface area (Å²) < 4.78 is 5.24. The molecule has 1 unspecified atom stereocenters. The average molecular weight is 248 g/mol. The summed E-state index contributed by atoms with van der Waals surface area (Å²) in [5.41, 5.74) is 1.54. The van der Waals surface area contributed by atoms with Gasteiger partial charge in [-0.25, -0.2) is 0 Å². The van der Waals surface area contributed by atoms with Crippen LogP contribution in [0.4, 0.5) is 0 Å². The van der Waals surface area contributed by atoms with Gasteiger partial charge in [-0.1, -0.05) is 12.1 Å². The summed E-state index contributed by atoms with van der Waals surface area (Å²) in [5, 5.41) is 7.19. The molecular formula is C15H24N2O. The van der Waals surface area contributed by atoms with Crippen LogP contribution >= 0.6 is 0 Å². The van der Waals surface area contributed by atoms with E-state index in [-0.39, 0.29) is 5.54 Å². The highest BCUT2D eigenvalue weighted by atomic mass is 16.5. The lowest BCUT2D eigenvalue weighted by molar-refractivity contribution is 0.247. The number of hydrogen-bond donors (Lipinski definition) is 2. The number of methoxy groups -OCH3 is 1. The molecule has 0 bridgehead atoms. The summed E-state index contributed by atoms with van der Waals surface area (Å²) in [6, 6.07) is 8.87. The van der Waals surface area contributed by atoms with Crippen LogP contribution in [0.1, 0.15) is 32.3 Å². The van der Waals surface area contributed by atoms with Crippen molar-refractivity contribution < 1.29 is 4.74 Å². The molecule has 1 aliphatic rings. The minimum atomic E-state index is 0.254. The first kappa shape index (κ1) is 13.4. The van der Waals surface area contributed by atoms with E-state index in [1.54, 1.807) is 7.11 Å². The lowest BCUT2D eigenvalue weighted by atomic mass is 9.89.